The van der Waals surface area contributed by atoms with E-state index in [0.29, 0.717) is 0 Å². The summed E-state index contributed by atoms with van der Waals surface area (Å²) in [6, 6.07) is 10.2. The normalized spacial score (nSPS) is 10.3. The highest BCUT2D eigenvalue weighted by Gasteiger charge is 1.99. The molecule has 1 aromatic carbocycles. The maximum Gasteiger partial charge on any atom is 0.129 e. The lowest BCUT2D eigenvalue weighted by Gasteiger charge is -2.07. The van der Waals surface area contributed by atoms with Crippen LogP contribution in [0.25, 0.3) is 0 Å². The predicted octanol–water partition coefficient (Wildman–Crippen LogP) is 3.09. The molecule has 4 nitrogen and oxygen atoms in total. The van der Waals surface area contributed by atoms with Crippen molar-refractivity contribution in [1.82, 2.24) is 9.97 Å². The third-order valence-corrected chi connectivity index (χ3v) is 3.11. The molecule has 0 bridgehead atoms. The molecule has 0 atom stereocenters. The Kier molecular flexibility index (Phi) is 5.35. The molecule has 0 saturated heterocycles. The number of hydrogen-bond acceptors (Lipinski definition) is 4. The van der Waals surface area contributed by atoms with Crippen molar-refractivity contribution in [2.75, 3.05) is 19.0 Å². The fraction of sp³-hybridized carbons (Fsp3) is 0.375. The standard InChI is InChI=1S/C16H21N3O/c1-3-4-14-11-16(19-12-18-14)17-10-9-13-5-7-15(20-2)8-6-13/h5-8,11-12H,3-4,9-10H2,1-2H3,(H,17,18,19). The van der Waals surface area contributed by atoms with Gasteiger partial charge in [0.05, 0.1) is 7.11 Å². The number of nitrogens with one attached hydrogen (secondary N) is 1. The lowest BCUT2D eigenvalue weighted by Crippen LogP contribution is -2.07. The van der Waals surface area contributed by atoms with Gasteiger partial charge in [-0.05, 0) is 30.5 Å². The molecule has 1 aromatic heterocycles. The van der Waals surface area contributed by atoms with Crippen LogP contribution in [0.3, 0.4) is 0 Å². The zero-order valence-corrected chi connectivity index (χ0v) is 12.1. The van der Waals surface area contributed by atoms with E-state index in [-0.39, 0.29) is 0 Å². The molecule has 1 heterocycles. The van der Waals surface area contributed by atoms with Crippen LogP contribution in [-0.4, -0.2) is 23.6 Å². The minimum absolute atomic E-state index is 0.856. The Morgan fingerprint density at radius 1 is 1.10 bits per heavy atom. The Hall–Kier alpha value is -2.10. The monoisotopic (exact) mass is 271 g/mol. The second-order valence-corrected chi connectivity index (χ2v) is 4.67. The molecule has 0 aliphatic carbocycles. The third kappa shape index (κ3) is 4.23. The van der Waals surface area contributed by atoms with E-state index in [1.54, 1.807) is 13.4 Å². The van der Waals surface area contributed by atoms with Crippen LogP contribution < -0.4 is 10.1 Å². The van der Waals surface area contributed by atoms with Crippen LogP contribution in [0.4, 0.5) is 5.82 Å². The van der Waals surface area contributed by atoms with Crippen LogP contribution in [0.1, 0.15) is 24.6 Å². The summed E-state index contributed by atoms with van der Waals surface area (Å²) in [6.07, 6.45) is 4.68. The lowest BCUT2D eigenvalue weighted by atomic mass is 10.1. The van der Waals surface area contributed by atoms with Crippen molar-refractivity contribution in [3.05, 3.63) is 47.9 Å². The summed E-state index contributed by atoms with van der Waals surface area (Å²) >= 11 is 0. The van der Waals surface area contributed by atoms with E-state index >= 15 is 0 Å². The van der Waals surface area contributed by atoms with Crippen molar-refractivity contribution in [2.45, 2.75) is 26.2 Å². The topological polar surface area (TPSA) is 47.0 Å². The van der Waals surface area contributed by atoms with E-state index in [2.05, 4.69) is 34.3 Å². The van der Waals surface area contributed by atoms with Gasteiger partial charge in [-0.3, -0.25) is 0 Å². The molecule has 0 fully saturated rings. The van der Waals surface area contributed by atoms with Crippen LogP contribution in [0.5, 0.6) is 5.75 Å². The van der Waals surface area contributed by atoms with Gasteiger partial charge >= 0.3 is 0 Å². The minimum atomic E-state index is 0.856. The van der Waals surface area contributed by atoms with Gasteiger partial charge in [0.15, 0.2) is 0 Å². The van der Waals surface area contributed by atoms with Crippen molar-refractivity contribution in [2.24, 2.45) is 0 Å². The van der Waals surface area contributed by atoms with Crippen LogP contribution in [0, 0.1) is 0 Å². The van der Waals surface area contributed by atoms with E-state index in [4.69, 9.17) is 4.74 Å². The molecule has 4 heteroatoms. The van der Waals surface area contributed by atoms with Crippen molar-refractivity contribution in [1.29, 1.82) is 0 Å². The number of ether oxygens (including phenoxy) is 1. The maximum atomic E-state index is 5.15. The summed E-state index contributed by atoms with van der Waals surface area (Å²) in [5.74, 6) is 1.79. The number of aromatic nitrogens is 2. The van der Waals surface area contributed by atoms with Gasteiger partial charge in [-0.25, -0.2) is 9.97 Å². The number of anilines is 1. The van der Waals surface area contributed by atoms with Crippen molar-refractivity contribution < 1.29 is 4.74 Å². The molecule has 2 rings (SSSR count). The molecular weight excluding hydrogens is 250 g/mol. The molecule has 0 aliphatic rings. The number of nitrogens with zero attached hydrogens (tertiary/aromatic N) is 2. The summed E-state index contributed by atoms with van der Waals surface area (Å²) in [6.45, 7) is 3.01. The molecule has 0 amide bonds. The average Bonchev–Trinajstić information content (AvgIpc) is 2.49. The van der Waals surface area contributed by atoms with Crippen LogP contribution in [0.2, 0.25) is 0 Å². The summed E-state index contributed by atoms with van der Waals surface area (Å²) in [4.78, 5) is 8.49. The highest BCUT2D eigenvalue weighted by atomic mass is 16.5. The second kappa shape index (κ2) is 7.48. The summed E-state index contributed by atoms with van der Waals surface area (Å²) in [5.41, 5.74) is 2.37. The number of hydrogen-bond donors (Lipinski definition) is 1. The first-order chi connectivity index (χ1) is 9.81. The van der Waals surface area contributed by atoms with E-state index in [9.17, 15) is 0 Å². The lowest BCUT2D eigenvalue weighted by molar-refractivity contribution is 0.414. The average molecular weight is 271 g/mol. The van der Waals surface area contributed by atoms with E-state index in [1.165, 1.54) is 5.56 Å². The molecule has 2 aromatic rings. The Labute approximate surface area is 120 Å². The first kappa shape index (κ1) is 14.3. The second-order valence-electron chi connectivity index (χ2n) is 4.67. The molecule has 0 spiro atoms. The Balaban J connectivity index is 1.84. The summed E-state index contributed by atoms with van der Waals surface area (Å²) in [5, 5.41) is 3.34. The van der Waals surface area contributed by atoms with Crippen LogP contribution in [0.15, 0.2) is 36.7 Å². The highest BCUT2D eigenvalue weighted by Crippen LogP contribution is 2.12. The Morgan fingerprint density at radius 3 is 2.60 bits per heavy atom. The van der Waals surface area contributed by atoms with Crippen LogP contribution >= 0.6 is 0 Å². The van der Waals surface area contributed by atoms with Gasteiger partial charge in [-0.15, -0.1) is 0 Å². The van der Waals surface area contributed by atoms with Crippen molar-refractivity contribution >= 4 is 5.82 Å². The Morgan fingerprint density at radius 2 is 1.90 bits per heavy atom. The number of benzene rings is 1. The molecule has 20 heavy (non-hydrogen) atoms. The molecule has 106 valence electrons. The van der Waals surface area contributed by atoms with E-state index < -0.39 is 0 Å². The zero-order chi connectivity index (χ0) is 14.2. The number of rotatable bonds is 7. The molecule has 1 N–H and O–H groups in total. The van der Waals surface area contributed by atoms with Gasteiger partial charge in [-0.1, -0.05) is 25.5 Å². The molecule has 0 unspecified atom stereocenters. The van der Waals surface area contributed by atoms with Crippen molar-refractivity contribution in [3.63, 3.8) is 0 Å². The third-order valence-electron chi connectivity index (χ3n) is 3.11. The fourth-order valence-corrected chi connectivity index (χ4v) is 2.01. The smallest absolute Gasteiger partial charge is 0.129 e. The minimum Gasteiger partial charge on any atom is -0.497 e. The largest absolute Gasteiger partial charge is 0.497 e. The van der Waals surface area contributed by atoms with Gasteiger partial charge in [0.1, 0.15) is 17.9 Å². The fourth-order valence-electron chi connectivity index (χ4n) is 2.01. The predicted molar refractivity (Wildman–Crippen MR) is 81.2 cm³/mol. The van der Waals surface area contributed by atoms with Gasteiger partial charge in [0.2, 0.25) is 0 Å². The van der Waals surface area contributed by atoms with Gasteiger partial charge in [-0.2, -0.15) is 0 Å². The molecule has 0 aliphatic heterocycles. The molecular formula is C16H21N3O. The molecule has 0 radical (unpaired) electrons. The van der Waals surface area contributed by atoms with Gasteiger partial charge < -0.3 is 10.1 Å². The first-order valence-electron chi connectivity index (χ1n) is 6.99. The summed E-state index contributed by atoms with van der Waals surface area (Å²) in [7, 11) is 1.68. The SMILES string of the molecule is CCCc1cc(NCCc2ccc(OC)cc2)ncn1. The Bertz CT molecular complexity index is 526. The van der Waals surface area contributed by atoms with Crippen molar-refractivity contribution in [3.8, 4) is 5.75 Å². The zero-order valence-electron chi connectivity index (χ0n) is 12.1. The quantitative estimate of drug-likeness (QED) is 0.840. The van der Waals surface area contributed by atoms with E-state index in [0.717, 1.165) is 43.1 Å². The number of aryl methyl sites for hydroxylation is 1. The van der Waals surface area contributed by atoms with Gasteiger partial charge in [0.25, 0.3) is 0 Å². The van der Waals surface area contributed by atoms with Crippen LogP contribution in [-0.2, 0) is 12.8 Å². The first-order valence-corrected chi connectivity index (χ1v) is 6.99. The summed E-state index contributed by atoms with van der Waals surface area (Å²) < 4.78 is 5.15. The van der Waals surface area contributed by atoms with E-state index in [1.807, 2.05) is 18.2 Å². The van der Waals surface area contributed by atoms with Gasteiger partial charge in [0, 0.05) is 18.3 Å². The highest BCUT2D eigenvalue weighted by molar-refractivity contribution is 5.35. The maximum absolute atomic E-state index is 5.15. The number of methoxy groups -OCH3 is 1. The molecule has 0 saturated carbocycles.